The molecule has 1 amide bonds. The number of aliphatic hydroxyl groups is 2. The van der Waals surface area contributed by atoms with E-state index in [4.69, 9.17) is 0 Å². The molecule has 0 atom stereocenters. The van der Waals surface area contributed by atoms with Crippen molar-refractivity contribution in [3.05, 3.63) is 0 Å². The van der Waals surface area contributed by atoms with E-state index >= 15 is 0 Å². The maximum Gasteiger partial charge on any atom is 0.241 e. The predicted molar refractivity (Wildman–Crippen MR) is 73.2 cm³/mol. The molecular formula is C14H26N2O3. The molecule has 0 aromatic carbocycles. The molecule has 0 heterocycles. The Kier molecular flexibility index (Phi) is 7.65. The van der Waals surface area contributed by atoms with Gasteiger partial charge in [-0.15, -0.1) is 0 Å². The number of nitriles is 1. The molecule has 5 nitrogen and oxygen atoms in total. The van der Waals surface area contributed by atoms with Gasteiger partial charge in [0.2, 0.25) is 5.91 Å². The zero-order chi connectivity index (χ0) is 14.9. The van der Waals surface area contributed by atoms with Crippen molar-refractivity contribution >= 4 is 5.91 Å². The van der Waals surface area contributed by atoms with E-state index in [1.807, 2.05) is 13.8 Å². The van der Waals surface area contributed by atoms with Crippen LogP contribution in [0.15, 0.2) is 0 Å². The van der Waals surface area contributed by atoms with Crippen LogP contribution in [0.2, 0.25) is 0 Å². The first-order valence-electron chi connectivity index (χ1n) is 6.95. The smallest absolute Gasteiger partial charge is 0.241 e. The van der Waals surface area contributed by atoms with E-state index in [0.29, 0.717) is 19.3 Å². The minimum atomic E-state index is -1.06. The third-order valence-corrected chi connectivity index (χ3v) is 3.66. The monoisotopic (exact) mass is 270 g/mol. The van der Waals surface area contributed by atoms with E-state index in [1.54, 1.807) is 6.92 Å². The SMILES string of the molecule is CCCC(C#N)(CCC)C(=O)NC(CC)(CO)CO. The van der Waals surface area contributed by atoms with Gasteiger partial charge in [0.15, 0.2) is 0 Å². The summed E-state index contributed by atoms with van der Waals surface area (Å²) in [7, 11) is 0. The van der Waals surface area contributed by atoms with Crippen LogP contribution < -0.4 is 5.32 Å². The van der Waals surface area contributed by atoms with E-state index in [9.17, 15) is 20.3 Å². The van der Waals surface area contributed by atoms with Gasteiger partial charge in [0, 0.05) is 0 Å². The lowest BCUT2D eigenvalue weighted by atomic mass is 9.79. The molecule has 0 unspecified atom stereocenters. The second-order valence-electron chi connectivity index (χ2n) is 5.10. The molecule has 0 saturated heterocycles. The molecule has 0 aromatic heterocycles. The molecule has 110 valence electrons. The van der Waals surface area contributed by atoms with Gasteiger partial charge < -0.3 is 15.5 Å². The summed E-state index contributed by atoms with van der Waals surface area (Å²) >= 11 is 0. The number of carbonyl (C=O) groups excluding carboxylic acids is 1. The number of aliphatic hydroxyl groups excluding tert-OH is 2. The van der Waals surface area contributed by atoms with Gasteiger partial charge in [-0.1, -0.05) is 33.6 Å². The number of hydrogen-bond donors (Lipinski definition) is 3. The maximum atomic E-state index is 12.4. The number of amides is 1. The van der Waals surface area contributed by atoms with Crippen LogP contribution in [0.3, 0.4) is 0 Å². The number of nitrogens with one attached hydrogen (secondary N) is 1. The fourth-order valence-electron chi connectivity index (χ4n) is 2.17. The Morgan fingerprint density at radius 1 is 1.16 bits per heavy atom. The Hall–Kier alpha value is -1.12. The fourth-order valence-corrected chi connectivity index (χ4v) is 2.17. The molecule has 0 spiro atoms. The summed E-state index contributed by atoms with van der Waals surface area (Å²) in [4.78, 5) is 12.4. The Morgan fingerprint density at radius 2 is 1.63 bits per heavy atom. The van der Waals surface area contributed by atoms with Crippen LogP contribution in [0.1, 0.15) is 52.9 Å². The Morgan fingerprint density at radius 3 is 1.89 bits per heavy atom. The van der Waals surface area contributed by atoms with Crippen molar-refractivity contribution in [2.45, 2.75) is 58.4 Å². The maximum absolute atomic E-state index is 12.4. The van der Waals surface area contributed by atoms with Crippen LogP contribution >= 0.6 is 0 Å². The van der Waals surface area contributed by atoms with Crippen molar-refractivity contribution in [1.29, 1.82) is 5.26 Å². The van der Waals surface area contributed by atoms with Crippen molar-refractivity contribution in [3.63, 3.8) is 0 Å². The van der Waals surface area contributed by atoms with Crippen LogP contribution in [-0.4, -0.2) is 34.9 Å². The first-order valence-corrected chi connectivity index (χ1v) is 6.95. The van der Waals surface area contributed by atoms with E-state index < -0.39 is 11.0 Å². The lowest BCUT2D eigenvalue weighted by Gasteiger charge is -2.34. The standard InChI is InChI=1S/C14H26N2O3/c1-4-7-13(9-15,8-5-2)12(19)16-14(6-3,10-17)11-18/h17-18H,4-8,10-11H2,1-3H3,(H,16,19). The summed E-state index contributed by atoms with van der Waals surface area (Å²) in [6.07, 6.45) is 2.85. The van der Waals surface area contributed by atoms with Crippen LogP contribution in [-0.2, 0) is 4.79 Å². The minimum absolute atomic E-state index is 0.342. The van der Waals surface area contributed by atoms with Crippen LogP contribution in [0.4, 0.5) is 0 Å². The average Bonchev–Trinajstić information content (AvgIpc) is 2.44. The zero-order valence-electron chi connectivity index (χ0n) is 12.2. The summed E-state index contributed by atoms with van der Waals surface area (Å²) in [6, 6.07) is 2.14. The average molecular weight is 270 g/mol. The summed E-state index contributed by atoms with van der Waals surface area (Å²) in [5.74, 6) is -0.386. The Bertz CT molecular complexity index is 305. The molecular weight excluding hydrogens is 244 g/mol. The molecule has 0 aromatic rings. The highest BCUT2D eigenvalue weighted by molar-refractivity contribution is 5.86. The highest BCUT2D eigenvalue weighted by Crippen LogP contribution is 2.30. The van der Waals surface area contributed by atoms with E-state index in [2.05, 4.69) is 11.4 Å². The minimum Gasteiger partial charge on any atom is -0.394 e. The van der Waals surface area contributed by atoms with E-state index in [1.165, 1.54) is 0 Å². The van der Waals surface area contributed by atoms with Gasteiger partial charge in [-0.05, 0) is 19.3 Å². The molecule has 0 saturated carbocycles. The third kappa shape index (κ3) is 4.19. The highest BCUT2D eigenvalue weighted by Gasteiger charge is 2.41. The second-order valence-corrected chi connectivity index (χ2v) is 5.10. The lowest BCUT2D eigenvalue weighted by Crippen LogP contribution is -2.57. The quantitative estimate of drug-likeness (QED) is 0.589. The number of hydrogen-bond acceptors (Lipinski definition) is 4. The Balaban J connectivity index is 5.16. The lowest BCUT2D eigenvalue weighted by molar-refractivity contribution is -0.132. The first-order chi connectivity index (χ1) is 8.99. The number of rotatable bonds is 9. The van der Waals surface area contributed by atoms with Crippen molar-refractivity contribution < 1.29 is 15.0 Å². The van der Waals surface area contributed by atoms with E-state index in [-0.39, 0.29) is 19.1 Å². The largest absolute Gasteiger partial charge is 0.394 e. The van der Waals surface area contributed by atoms with Gasteiger partial charge in [-0.2, -0.15) is 5.26 Å². The van der Waals surface area contributed by atoms with Gasteiger partial charge >= 0.3 is 0 Å². The van der Waals surface area contributed by atoms with E-state index in [0.717, 1.165) is 12.8 Å². The Labute approximate surface area is 115 Å². The highest BCUT2D eigenvalue weighted by atomic mass is 16.3. The van der Waals surface area contributed by atoms with Gasteiger partial charge in [-0.3, -0.25) is 4.79 Å². The normalized spacial score (nSPS) is 12.0. The molecule has 0 aliphatic rings. The molecule has 0 rings (SSSR count). The predicted octanol–water partition coefficient (Wildman–Crippen LogP) is 1.35. The first kappa shape index (κ1) is 17.9. The van der Waals surface area contributed by atoms with Crippen LogP contribution in [0.5, 0.6) is 0 Å². The molecule has 0 aliphatic heterocycles. The topological polar surface area (TPSA) is 93.4 Å². The third-order valence-electron chi connectivity index (χ3n) is 3.66. The van der Waals surface area contributed by atoms with Gasteiger partial charge in [0.25, 0.3) is 0 Å². The van der Waals surface area contributed by atoms with Gasteiger partial charge in [0.05, 0.1) is 24.8 Å². The molecule has 3 N–H and O–H groups in total. The van der Waals surface area contributed by atoms with Gasteiger partial charge in [-0.25, -0.2) is 0 Å². The summed E-state index contributed by atoms with van der Waals surface area (Å²) in [6.45, 7) is 4.96. The molecule has 19 heavy (non-hydrogen) atoms. The number of nitrogens with zero attached hydrogens (tertiary/aromatic N) is 1. The molecule has 0 aliphatic carbocycles. The van der Waals surface area contributed by atoms with Crippen molar-refractivity contribution in [1.82, 2.24) is 5.32 Å². The van der Waals surface area contributed by atoms with Crippen LogP contribution in [0.25, 0.3) is 0 Å². The van der Waals surface area contributed by atoms with Crippen molar-refractivity contribution in [2.75, 3.05) is 13.2 Å². The fraction of sp³-hybridized carbons (Fsp3) is 0.857. The van der Waals surface area contributed by atoms with Crippen molar-refractivity contribution in [3.8, 4) is 6.07 Å². The summed E-state index contributed by atoms with van der Waals surface area (Å²) in [5, 5.41) is 30.8. The van der Waals surface area contributed by atoms with Crippen molar-refractivity contribution in [2.24, 2.45) is 5.41 Å². The second kappa shape index (κ2) is 8.13. The zero-order valence-corrected chi connectivity index (χ0v) is 12.2. The van der Waals surface area contributed by atoms with Crippen LogP contribution in [0, 0.1) is 16.7 Å². The summed E-state index contributed by atoms with van der Waals surface area (Å²) in [5.41, 5.74) is -2.10. The summed E-state index contributed by atoms with van der Waals surface area (Å²) < 4.78 is 0. The number of carbonyl (C=O) groups is 1. The molecule has 0 radical (unpaired) electrons. The molecule has 0 fully saturated rings. The molecule has 0 bridgehead atoms. The van der Waals surface area contributed by atoms with Gasteiger partial charge in [0.1, 0.15) is 5.41 Å². The molecule has 5 heteroatoms.